The van der Waals surface area contributed by atoms with E-state index in [1.165, 1.54) is 0 Å². The molecular weight excluding hydrogens is 222 g/mol. The molecule has 5 heteroatoms. The molecule has 0 aromatic carbocycles. The Bertz CT molecular complexity index is 502. The minimum absolute atomic E-state index is 0.208. The van der Waals surface area contributed by atoms with E-state index in [1.54, 1.807) is 42.9 Å². The van der Waals surface area contributed by atoms with Crippen molar-refractivity contribution in [3.63, 3.8) is 0 Å². The summed E-state index contributed by atoms with van der Waals surface area (Å²) in [7, 11) is 0. The Morgan fingerprint density at radius 3 is 2.75 bits per heavy atom. The van der Waals surface area contributed by atoms with Crippen molar-refractivity contribution in [3.05, 3.63) is 48.5 Å². The van der Waals surface area contributed by atoms with Crippen molar-refractivity contribution in [2.75, 3.05) is 0 Å². The molecule has 80 valence electrons. The number of hydrogen-bond donors (Lipinski definition) is 1. The van der Waals surface area contributed by atoms with Crippen LogP contribution in [-0.4, -0.2) is 15.0 Å². The van der Waals surface area contributed by atoms with Crippen LogP contribution in [0, 0.1) is 0 Å². The van der Waals surface area contributed by atoms with Crippen molar-refractivity contribution < 1.29 is 4.74 Å². The molecule has 0 atom stereocenters. The summed E-state index contributed by atoms with van der Waals surface area (Å²) in [5.41, 5.74) is 6.02. The average molecular weight is 231 g/mol. The maximum atomic E-state index is 5.58. The van der Waals surface area contributed by atoms with Crippen molar-refractivity contribution in [3.8, 4) is 11.5 Å². The van der Waals surface area contributed by atoms with Gasteiger partial charge in [-0.15, -0.1) is 0 Å². The van der Waals surface area contributed by atoms with Crippen molar-refractivity contribution in [1.29, 1.82) is 0 Å². The van der Waals surface area contributed by atoms with Crippen LogP contribution >= 0.6 is 12.2 Å². The van der Waals surface area contributed by atoms with Crippen LogP contribution in [0.2, 0.25) is 0 Å². The van der Waals surface area contributed by atoms with Crippen LogP contribution in [0.3, 0.4) is 0 Å². The zero-order valence-electron chi connectivity index (χ0n) is 8.33. The molecule has 2 aromatic rings. The summed E-state index contributed by atoms with van der Waals surface area (Å²) in [6.45, 7) is 0. The van der Waals surface area contributed by atoms with E-state index in [0.717, 1.165) is 0 Å². The zero-order chi connectivity index (χ0) is 11.4. The summed E-state index contributed by atoms with van der Waals surface area (Å²) < 4.78 is 5.58. The van der Waals surface area contributed by atoms with Gasteiger partial charge in [0.1, 0.15) is 16.4 Å². The Kier molecular flexibility index (Phi) is 3.07. The quantitative estimate of drug-likeness (QED) is 0.817. The third kappa shape index (κ3) is 2.32. The first-order valence-electron chi connectivity index (χ1n) is 4.60. The summed E-state index contributed by atoms with van der Waals surface area (Å²) in [6.07, 6.45) is 4.89. The molecule has 0 bridgehead atoms. The van der Waals surface area contributed by atoms with E-state index in [0.29, 0.717) is 17.2 Å². The number of rotatable bonds is 3. The van der Waals surface area contributed by atoms with Gasteiger partial charge in [0.05, 0.1) is 6.20 Å². The van der Waals surface area contributed by atoms with E-state index in [-0.39, 0.29) is 4.99 Å². The number of ether oxygens (including phenoxy) is 1. The minimum Gasteiger partial charge on any atom is -0.453 e. The van der Waals surface area contributed by atoms with Crippen molar-refractivity contribution in [2.24, 2.45) is 5.73 Å². The number of hydrogen-bond acceptors (Lipinski definition) is 4. The summed E-state index contributed by atoms with van der Waals surface area (Å²) in [5.74, 6) is 1.15. The Morgan fingerprint density at radius 2 is 2.06 bits per heavy atom. The van der Waals surface area contributed by atoms with Gasteiger partial charge in [-0.2, -0.15) is 0 Å². The second-order valence-electron chi connectivity index (χ2n) is 3.01. The predicted molar refractivity (Wildman–Crippen MR) is 64.4 cm³/mol. The standard InChI is InChI=1S/C11H9N3OS/c12-11(16)10-9(4-2-6-14-10)15-8-3-1-5-13-7-8/h1-7H,(H2,12,16). The highest BCUT2D eigenvalue weighted by molar-refractivity contribution is 7.80. The topological polar surface area (TPSA) is 61.0 Å². The largest absolute Gasteiger partial charge is 0.453 e. The van der Waals surface area contributed by atoms with Gasteiger partial charge in [-0.05, 0) is 24.3 Å². The summed E-state index contributed by atoms with van der Waals surface area (Å²) in [5, 5.41) is 0. The van der Waals surface area contributed by atoms with Gasteiger partial charge < -0.3 is 10.5 Å². The first-order chi connectivity index (χ1) is 7.77. The molecule has 0 spiro atoms. The lowest BCUT2D eigenvalue weighted by atomic mass is 10.3. The molecular formula is C11H9N3OS. The number of aromatic nitrogens is 2. The Labute approximate surface area is 98.1 Å². The molecule has 0 fully saturated rings. The molecule has 0 aliphatic rings. The van der Waals surface area contributed by atoms with Crippen LogP contribution in [0.25, 0.3) is 0 Å². The molecule has 0 aliphatic heterocycles. The lowest BCUT2D eigenvalue weighted by Gasteiger charge is -2.08. The molecule has 2 rings (SSSR count). The fourth-order valence-electron chi connectivity index (χ4n) is 1.19. The molecule has 2 aromatic heterocycles. The highest BCUT2D eigenvalue weighted by Gasteiger charge is 2.07. The molecule has 0 amide bonds. The summed E-state index contributed by atoms with van der Waals surface area (Å²) >= 11 is 4.89. The van der Waals surface area contributed by atoms with E-state index in [9.17, 15) is 0 Å². The first kappa shape index (κ1) is 10.5. The third-order valence-electron chi connectivity index (χ3n) is 1.87. The highest BCUT2D eigenvalue weighted by Crippen LogP contribution is 2.22. The SMILES string of the molecule is NC(=S)c1ncccc1Oc1cccnc1. The Balaban J connectivity index is 2.31. The van der Waals surface area contributed by atoms with Crippen LogP contribution in [0.1, 0.15) is 5.69 Å². The summed E-state index contributed by atoms with van der Waals surface area (Å²) in [4.78, 5) is 8.22. The fourth-order valence-corrected chi connectivity index (χ4v) is 1.35. The molecule has 2 N–H and O–H groups in total. The summed E-state index contributed by atoms with van der Waals surface area (Å²) in [6, 6.07) is 7.09. The smallest absolute Gasteiger partial charge is 0.156 e. The van der Waals surface area contributed by atoms with E-state index in [4.69, 9.17) is 22.7 Å². The van der Waals surface area contributed by atoms with E-state index in [2.05, 4.69) is 9.97 Å². The zero-order valence-corrected chi connectivity index (χ0v) is 9.15. The van der Waals surface area contributed by atoms with Gasteiger partial charge in [-0.3, -0.25) is 4.98 Å². The van der Waals surface area contributed by atoms with Gasteiger partial charge in [0.25, 0.3) is 0 Å². The molecule has 0 unspecified atom stereocenters. The van der Waals surface area contributed by atoms with Crippen LogP contribution in [0.4, 0.5) is 0 Å². The van der Waals surface area contributed by atoms with Crippen molar-refractivity contribution in [2.45, 2.75) is 0 Å². The van der Waals surface area contributed by atoms with E-state index in [1.807, 2.05) is 0 Å². The van der Waals surface area contributed by atoms with Crippen LogP contribution in [0.5, 0.6) is 11.5 Å². The van der Waals surface area contributed by atoms with Gasteiger partial charge in [-0.25, -0.2) is 4.98 Å². The third-order valence-corrected chi connectivity index (χ3v) is 2.06. The predicted octanol–water partition coefficient (Wildman–Crippen LogP) is 1.90. The van der Waals surface area contributed by atoms with Crippen molar-refractivity contribution >= 4 is 17.2 Å². The monoisotopic (exact) mass is 231 g/mol. The first-order valence-corrected chi connectivity index (χ1v) is 5.01. The van der Waals surface area contributed by atoms with Crippen LogP contribution in [0.15, 0.2) is 42.9 Å². The lowest BCUT2D eigenvalue weighted by Crippen LogP contribution is -2.12. The second-order valence-corrected chi connectivity index (χ2v) is 3.45. The average Bonchev–Trinajstić information content (AvgIpc) is 2.31. The molecule has 4 nitrogen and oxygen atoms in total. The van der Waals surface area contributed by atoms with Gasteiger partial charge >= 0.3 is 0 Å². The van der Waals surface area contributed by atoms with Gasteiger partial charge in [0.2, 0.25) is 0 Å². The van der Waals surface area contributed by atoms with E-state index < -0.39 is 0 Å². The fraction of sp³-hybridized carbons (Fsp3) is 0. The van der Waals surface area contributed by atoms with Gasteiger partial charge in [0.15, 0.2) is 5.75 Å². The number of thiocarbonyl (C=S) groups is 1. The molecule has 0 saturated heterocycles. The Morgan fingerprint density at radius 1 is 1.25 bits per heavy atom. The van der Waals surface area contributed by atoms with Crippen LogP contribution in [-0.2, 0) is 0 Å². The number of nitrogens with two attached hydrogens (primary N) is 1. The molecule has 0 radical (unpaired) electrons. The molecule has 0 saturated carbocycles. The molecule has 2 heterocycles. The normalized spacial score (nSPS) is 9.75. The van der Waals surface area contributed by atoms with Gasteiger partial charge in [-0.1, -0.05) is 12.2 Å². The van der Waals surface area contributed by atoms with Crippen molar-refractivity contribution in [1.82, 2.24) is 9.97 Å². The van der Waals surface area contributed by atoms with E-state index >= 15 is 0 Å². The maximum absolute atomic E-state index is 5.58. The minimum atomic E-state index is 0.208. The number of nitrogens with zero attached hydrogens (tertiary/aromatic N) is 2. The Hall–Kier alpha value is -2.01. The highest BCUT2D eigenvalue weighted by atomic mass is 32.1. The molecule has 0 aliphatic carbocycles. The molecule has 16 heavy (non-hydrogen) atoms. The van der Waals surface area contributed by atoms with Gasteiger partial charge in [0, 0.05) is 12.4 Å². The maximum Gasteiger partial charge on any atom is 0.156 e. The lowest BCUT2D eigenvalue weighted by molar-refractivity contribution is 0.477. The second kappa shape index (κ2) is 4.67. The van der Waals surface area contributed by atoms with Crippen LogP contribution < -0.4 is 10.5 Å². The number of pyridine rings is 2.